The van der Waals surface area contributed by atoms with Gasteiger partial charge in [-0.1, -0.05) is 11.2 Å². The first-order valence-electron chi connectivity index (χ1n) is 8.54. The van der Waals surface area contributed by atoms with Crippen LogP contribution in [0.2, 0.25) is 0 Å². The summed E-state index contributed by atoms with van der Waals surface area (Å²) in [7, 11) is 1.59. The predicted octanol–water partition coefficient (Wildman–Crippen LogP) is 2.63. The molecule has 1 aliphatic heterocycles. The second-order valence-corrected chi connectivity index (χ2v) is 6.01. The minimum Gasteiger partial charge on any atom is -0.497 e. The third kappa shape index (κ3) is 4.17. The van der Waals surface area contributed by atoms with E-state index in [1.807, 2.05) is 30.0 Å². The molecule has 0 N–H and O–H groups in total. The number of piperidine rings is 1. The normalized spacial score (nSPS) is 17.5. The predicted molar refractivity (Wildman–Crippen MR) is 90.5 cm³/mol. The van der Waals surface area contributed by atoms with Crippen LogP contribution in [0.3, 0.4) is 0 Å². The van der Waals surface area contributed by atoms with E-state index in [9.17, 15) is 4.79 Å². The topological polar surface area (TPSA) is 77.7 Å². The summed E-state index contributed by atoms with van der Waals surface area (Å²) in [5.41, 5.74) is 0.630. The Morgan fingerprint density at radius 2 is 2.32 bits per heavy atom. The van der Waals surface area contributed by atoms with Crippen molar-refractivity contribution < 1.29 is 18.8 Å². The summed E-state index contributed by atoms with van der Waals surface area (Å²) < 4.78 is 15.7. The highest BCUT2D eigenvalue weighted by Gasteiger charge is 2.28. The average molecular weight is 345 g/mol. The highest BCUT2D eigenvalue weighted by molar-refractivity contribution is 5.94. The molecule has 0 spiro atoms. The highest BCUT2D eigenvalue weighted by Crippen LogP contribution is 2.26. The van der Waals surface area contributed by atoms with Gasteiger partial charge in [-0.05, 0) is 38.0 Å². The first kappa shape index (κ1) is 17.4. The second-order valence-electron chi connectivity index (χ2n) is 6.01. The molecule has 3 rings (SSSR count). The van der Waals surface area contributed by atoms with Crippen LogP contribution in [-0.4, -0.2) is 47.8 Å². The van der Waals surface area contributed by atoms with E-state index in [4.69, 9.17) is 14.0 Å². The highest BCUT2D eigenvalue weighted by atomic mass is 16.5. The molecule has 0 bridgehead atoms. The Kier molecular flexibility index (Phi) is 5.65. The quantitative estimate of drug-likeness (QED) is 0.801. The summed E-state index contributed by atoms with van der Waals surface area (Å²) in [6.45, 7) is 4.16. The second kappa shape index (κ2) is 8.11. The van der Waals surface area contributed by atoms with Gasteiger partial charge in [-0.3, -0.25) is 4.79 Å². The lowest BCUT2D eigenvalue weighted by molar-refractivity contribution is 0.0703. The van der Waals surface area contributed by atoms with Crippen molar-refractivity contribution in [3.63, 3.8) is 0 Å². The molecule has 1 fully saturated rings. The number of aromatic nitrogens is 2. The fourth-order valence-electron chi connectivity index (χ4n) is 2.99. The van der Waals surface area contributed by atoms with Crippen molar-refractivity contribution >= 4 is 5.91 Å². The van der Waals surface area contributed by atoms with Crippen LogP contribution >= 0.6 is 0 Å². The zero-order valence-electron chi connectivity index (χ0n) is 14.6. The van der Waals surface area contributed by atoms with Gasteiger partial charge in [-0.15, -0.1) is 0 Å². The Balaban J connectivity index is 1.68. The maximum Gasteiger partial charge on any atom is 0.254 e. The van der Waals surface area contributed by atoms with E-state index in [1.54, 1.807) is 13.2 Å². The van der Waals surface area contributed by atoms with Gasteiger partial charge in [0.15, 0.2) is 5.82 Å². The van der Waals surface area contributed by atoms with E-state index in [1.165, 1.54) is 0 Å². The molecule has 1 unspecified atom stereocenters. The number of benzene rings is 1. The maximum absolute atomic E-state index is 12.8. The van der Waals surface area contributed by atoms with Crippen LogP contribution in [0, 0.1) is 0 Å². The SMILES string of the molecule is CCOCc1nc(C2CCCN(C(=O)c3cccc(OC)c3)C2)no1. The fourth-order valence-corrected chi connectivity index (χ4v) is 2.99. The Bertz CT molecular complexity index is 716. The van der Waals surface area contributed by atoms with E-state index >= 15 is 0 Å². The Labute approximate surface area is 146 Å². The molecule has 0 radical (unpaired) electrons. The molecule has 25 heavy (non-hydrogen) atoms. The van der Waals surface area contributed by atoms with Crippen LogP contribution in [0.25, 0.3) is 0 Å². The largest absolute Gasteiger partial charge is 0.497 e. The lowest BCUT2D eigenvalue weighted by Crippen LogP contribution is -2.39. The summed E-state index contributed by atoms with van der Waals surface area (Å²) in [5, 5.41) is 4.06. The Morgan fingerprint density at radius 1 is 1.44 bits per heavy atom. The molecular weight excluding hydrogens is 322 g/mol. The molecule has 1 aromatic carbocycles. The Morgan fingerprint density at radius 3 is 3.12 bits per heavy atom. The van der Waals surface area contributed by atoms with Crippen LogP contribution in [-0.2, 0) is 11.3 Å². The first-order chi connectivity index (χ1) is 12.2. The summed E-state index contributed by atoms with van der Waals surface area (Å²) in [6, 6.07) is 7.23. The third-order valence-corrected chi connectivity index (χ3v) is 4.30. The van der Waals surface area contributed by atoms with Crippen LogP contribution < -0.4 is 4.74 Å². The number of carbonyl (C=O) groups excluding carboxylic acids is 1. The Hall–Kier alpha value is -2.41. The maximum atomic E-state index is 12.8. The summed E-state index contributed by atoms with van der Waals surface area (Å²) >= 11 is 0. The van der Waals surface area contributed by atoms with Gasteiger partial charge in [0.25, 0.3) is 11.8 Å². The van der Waals surface area contributed by atoms with Gasteiger partial charge in [0.2, 0.25) is 0 Å². The van der Waals surface area contributed by atoms with Crippen LogP contribution in [0.4, 0.5) is 0 Å². The van der Waals surface area contributed by atoms with Gasteiger partial charge >= 0.3 is 0 Å². The smallest absolute Gasteiger partial charge is 0.254 e. The number of amides is 1. The van der Waals surface area contributed by atoms with Gasteiger partial charge < -0.3 is 18.9 Å². The number of ether oxygens (including phenoxy) is 2. The van der Waals surface area contributed by atoms with Crippen LogP contribution in [0.5, 0.6) is 5.75 Å². The zero-order valence-corrected chi connectivity index (χ0v) is 14.6. The summed E-state index contributed by atoms with van der Waals surface area (Å²) in [6.07, 6.45) is 1.85. The molecule has 1 saturated heterocycles. The lowest BCUT2D eigenvalue weighted by atomic mass is 9.96. The molecule has 1 atom stereocenters. The van der Waals surface area contributed by atoms with Crippen molar-refractivity contribution in [2.45, 2.75) is 32.3 Å². The van der Waals surface area contributed by atoms with Gasteiger partial charge in [0, 0.05) is 31.2 Å². The molecular formula is C18H23N3O4. The first-order valence-corrected chi connectivity index (χ1v) is 8.54. The molecule has 1 amide bonds. The van der Waals surface area contributed by atoms with Crippen molar-refractivity contribution in [1.29, 1.82) is 0 Å². The van der Waals surface area contributed by atoms with Crippen molar-refractivity contribution in [3.8, 4) is 5.75 Å². The molecule has 2 heterocycles. The number of hydrogen-bond acceptors (Lipinski definition) is 6. The number of likely N-dealkylation sites (tertiary alicyclic amines) is 1. The van der Waals surface area contributed by atoms with E-state index in [2.05, 4.69) is 10.1 Å². The number of rotatable bonds is 6. The minimum absolute atomic E-state index is 0.00151. The molecule has 134 valence electrons. The lowest BCUT2D eigenvalue weighted by Gasteiger charge is -2.31. The van der Waals surface area contributed by atoms with Gasteiger partial charge in [-0.25, -0.2) is 0 Å². The van der Waals surface area contributed by atoms with Crippen molar-refractivity contribution in [2.24, 2.45) is 0 Å². The van der Waals surface area contributed by atoms with Gasteiger partial charge in [0.1, 0.15) is 12.4 Å². The van der Waals surface area contributed by atoms with Gasteiger partial charge in [-0.2, -0.15) is 4.98 Å². The average Bonchev–Trinajstić information content (AvgIpc) is 3.15. The molecule has 1 aliphatic rings. The molecule has 1 aromatic heterocycles. The number of nitrogens with zero attached hydrogens (tertiary/aromatic N) is 3. The van der Waals surface area contributed by atoms with E-state index in [0.29, 0.717) is 42.8 Å². The molecule has 2 aromatic rings. The van der Waals surface area contributed by atoms with E-state index in [0.717, 1.165) is 19.4 Å². The van der Waals surface area contributed by atoms with Crippen molar-refractivity contribution in [1.82, 2.24) is 15.0 Å². The molecule has 7 heteroatoms. The molecule has 7 nitrogen and oxygen atoms in total. The zero-order chi connectivity index (χ0) is 17.6. The van der Waals surface area contributed by atoms with Crippen molar-refractivity contribution in [3.05, 3.63) is 41.5 Å². The number of methoxy groups -OCH3 is 1. The third-order valence-electron chi connectivity index (χ3n) is 4.30. The summed E-state index contributed by atoms with van der Waals surface area (Å²) in [5.74, 6) is 1.90. The number of hydrogen-bond donors (Lipinski definition) is 0. The molecule has 0 aliphatic carbocycles. The fraction of sp³-hybridized carbons (Fsp3) is 0.500. The van der Waals surface area contributed by atoms with Crippen LogP contribution in [0.1, 0.15) is 47.8 Å². The summed E-state index contributed by atoms with van der Waals surface area (Å²) in [4.78, 5) is 19.0. The van der Waals surface area contributed by atoms with E-state index < -0.39 is 0 Å². The van der Waals surface area contributed by atoms with Gasteiger partial charge in [0.05, 0.1) is 7.11 Å². The van der Waals surface area contributed by atoms with E-state index in [-0.39, 0.29) is 11.8 Å². The molecule has 0 saturated carbocycles. The minimum atomic E-state index is 0.00151. The number of carbonyl (C=O) groups is 1. The standard InChI is InChI=1S/C18H23N3O4/c1-3-24-12-16-19-17(20-25-16)14-7-5-9-21(11-14)18(22)13-6-4-8-15(10-13)23-2/h4,6,8,10,14H,3,5,7,9,11-12H2,1-2H3. The van der Waals surface area contributed by atoms with Crippen molar-refractivity contribution in [2.75, 3.05) is 26.8 Å². The monoisotopic (exact) mass is 345 g/mol. The van der Waals surface area contributed by atoms with Crippen LogP contribution in [0.15, 0.2) is 28.8 Å².